The number of ether oxygens (including phenoxy) is 1. The van der Waals surface area contributed by atoms with Crippen LogP contribution in [0.3, 0.4) is 0 Å². The minimum Gasteiger partial charge on any atom is -0.467 e. The van der Waals surface area contributed by atoms with Crippen LogP contribution in [0.25, 0.3) is 0 Å². The molecule has 0 radical (unpaired) electrons. The van der Waals surface area contributed by atoms with Gasteiger partial charge in [-0.05, 0) is 26.0 Å². The third-order valence-corrected chi connectivity index (χ3v) is 2.40. The van der Waals surface area contributed by atoms with E-state index in [4.69, 9.17) is 0 Å². The lowest BCUT2D eigenvalue weighted by Crippen LogP contribution is -2.37. The first kappa shape index (κ1) is 14.1. The molecule has 1 aromatic heterocycles. The molecule has 0 bridgehead atoms. The number of nitrogens with one attached hydrogen (secondary N) is 1. The Morgan fingerprint density at radius 1 is 1.44 bits per heavy atom. The minimum atomic E-state index is -1.36. The zero-order chi connectivity index (χ0) is 13.7. The average molecular weight is 252 g/mol. The number of hydrogen-bond donors (Lipinski definition) is 2. The maximum Gasteiger partial charge on any atom is 0.336 e. The lowest BCUT2D eigenvalue weighted by atomic mass is 10.1. The maximum absolute atomic E-state index is 11.8. The van der Waals surface area contributed by atoms with Crippen LogP contribution in [0.1, 0.15) is 21.7 Å². The highest BCUT2D eigenvalue weighted by molar-refractivity contribution is 5.95. The van der Waals surface area contributed by atoms with Crippen LogP contribution in [-0.2, 0) is 9.53 Å². The highest BCUT2D eigenvalue weighted by Gasteiger charge is 2.17. The van der Waals surface area contributed by atoms with Gasteiger partial charge in [-0.3, -0.25) is 9.78 Å². The molecule has 2 N–H and O–H groups in total. The fourth-order valence-corrected chi connectivity index (χ4v) is 1.43. The van der Waals surface area contributed by atoms with Gasteiger partial charge in [-0.1, -0.05) is 0 Å². The van der Waals surface area contributed by atoms with E-state index in [9.17, 15) is 14.7 Å². The zero-order valence-corrected chi connectivity index (χ0v) is 10.6. The summed E-state index contributed by atoms with van der Waals surface area (Å²) in [7, 11) is 1.17. The predicted molar refractivity (Wildman–Crippen MR) is 64.1 cm³/mol. The van der Waals surface area contributed by atoms with E-state index in [0.29, 0.717) is 11.3 Å². The molecule has 0 aliphatic heterocycles. The van der Waals surface area contributed by atoms with Gasteiger partial charge in [-0.2, -0.15) is 0 Å². The number of rotatable bonds is 4. The number of aliphatic hydroxyl groups is 1. The fourth-order valence-electron chi connectivity index (χ4n) is 1.43. The molecule has 0 aromatic carbocycles. The summed E-state index contributed by atoms with van der Waals surface area (Å²) in [6.07, 6.45) is -1.36. The van der Waals surface area contributed by atoms with Gasteiger partial charge in [0.15, 0.2) is 6.10 Å². The summed E-state index contributed by atoms with van der Waals surface area (Å²) in [5, 5.41) is 11.8. The molecule has 18 heavy (non-hydrogen) atoms. The maximum atomic E-state index is 11.8. The summed E-state index contributed by atoms with van der Waals surface area (Å²) in [5.41, 5.74) is 1.83. The van der Waals surface area contributed by atoms with Gasteiger partial charge < -0.3 is 15.2 Å². The van der Waals surface area contributed by atoms with Crippen molar-refractivity contribution in [2.45, 2.75) is 20.0 Å². The Morgan fingerprint density at radius 3 is 2.67 bits per heavy atom. The number of methoxy groups -OCH3 is 1. The number of carbonyl (C=O) groups excluding carboxylic acids is 2. The molecule has 0 saturated carbocycles. The molecule has 0 fully saturated rings. The number of amides is 1. The van der Waals surface area contributed by atoms with Crippen LogP contribution in [0.4, 0.5) is 0 Å². The number of aromatic nitrogens is 1. The van der Waals surface area contributed by atoms with Crippen LogP contribution < -0.4 is 5.32 Å². The molecule has 6 nitrogen and oxygen atoms in total. The van der Waals surface area contributed by atoms with E-state index in [1.807, 2.05) is 6.92 Å². The van der Waals surface area contributed by atoms with Crippen molar-refractivity contribution in [2.24, 2.45) is 0 Å². The van der Waals surface area contributed by atoms with E-state index in [-0.39, 0.29) is 12.5 Å². The van der Waals surface area contributed by atoms with Crippen molar-refractivity contribution in [3.05, 3.63) is 29.1 Å². The molecule has 1 heterocycles. The molecule has 1 atom stereocenters. The Labute approximate surface area is 105 Å². The van der Waals surface area contributed by atoms with Gasteiger partial charge in [0.05, 0.1) is 24.9 Å². The third-order valence-electron chi connectivity index (χ3n) is 2.40. The number of aryl methyl sites for hydroxylation is 2. The van der Waals surface area contributed by atoms with Crippen LogP contribution in [0.5, 0.6) is 0 Å². The average Bonchev–Trinajstić information content (AvgIpc) is 2.34. The van der Waals surface area contributed by atoms with Crippen LogP contribution in [0.2, 0.25) is 0 Å². The monoisotopic (exact) mass is 252 g/mol. The van der Waals surface area contributed by atoms with Crippen molar-refractivity contribution in [3.8, 4) is 0 Å². The smallest absolute Gasteiger partial charge is 0.336 e. The summed E-state index contributed by atoms with van der Waals surface area (Å²) in [5.74, 6) is -1.17. The molecular formula is C12H16N2O4. The summed E-state index contributed by atoms with van der Waals surface area (Å²) in [6, 6.07) is 3.37. The van der Waals surface area contributed by atoms with E-state index < -0.39 is 12.1 Å². The fraction of sp³-hybridized carbons (Fsp3) is 0.417. The van der Waals surface area contributed by atoms with Crippen molar-refractivity contribution < 1.29 is 19.4 Å². The molecule has 98 valence electrons. The molecule has 1 amide bonds. The Kier molecular flexibility index (Phi) is 4.79. The van der Waals surface area contributed by atoms with Gasteiger partial charge in [0.25, 0.3) is 5.91 Å². The largest absolute Gasteiger partial charge is 0.467 e. The second-order valence-electron chi connectivity index (χ2n) is 3.83. The Hall–Kier alpha value is -1.95. The van der Waals surface area contributed by atoms with E-state index in [0.717, 1.165) is 5.69 Å². The van der Waals surface area contributed by atoms with E-state index in [1.165, 1.54) is 7.11 Å². The van der Waals surface area contributed by atoms with Crippen LogP contribution in [0, 0.1) is 13.8 Å². The molecule has 0 saturated heterocycles. The Balaban J connectivity index is 2.63. The topological polar surface area (TPSA) is 88.5 Å². The number of nitrogens with zero attached hydrogens (tertiary/aromatic N) is 1. The second-order valence-corrected chi connectivity index (χ2v) is 3.83. The molecule has 1 unspecified atom stereocenters. The van der Waals surface area contributed by atoms with Gasteiger partial charge in [-0.25, -0.2) is 4.79 Å². The van der Waals surface area contributed by atoms with Crippen molar-refractivity contribution >= 4 is 11.9 Å². The van der Waals surface area contributed by atoms with E-state index in [2.05, 4.69) is 15.0 Å². The van der Waals surface area contributed by atoms with Gasteiger partial charge in [-0.15, -0.1) is 0 Å². The minimum absolute atomic E-state index is 0.196. The number of hydrogen-bond acceptors (Lipinski definition) is 5. The van der Waals surface area contributed by atoms with Crippen LogP contribution in [0.15, 0.2) is 12.1 Å². The Morgan fingerprint density at radius 2 is 2.11 bits per heavy atom. The molecular weight excluding hydrogens is 236 g/mol. The van der Waals surface area contributed by atoms with E-state index in [1.54, 1.807) is 19.1 Å². The summed E-state index contributed by atoms with van der Waals surface area (Å²) in [6.45, 7) is 3.35. The number of pyridine rings is 1. The van der Waals surface area contributed by atoms with E-state index >= 15 is 0 Å². The van der Waals surface area contributed by atoms with Crippen molar-refractivity contribution in [3.63, 3.8) is 0 Å². The van der Waals surface area contributed by atoms with Gasteiger partial charge in [0.1, 0.15) is 0 Å². The molecule has 6 heteroatoms. The quantitative estimate of drug-likeness (QED) is 0.734. The lowest BCUT2D eigenvalue weighted by Gasteiger charge is -2.10. The standard InChI is InChI=1S/C12H16N2O4/c1-7-4-5-9(8(2)14-7)11(16)13-6-10(15)12(17)18-3/h4-5,10,15H,6H2,1-3H3,(H,13,16). The molecule has 1 aromatic rings. The zero-order valence-electron chi connectivity index (χ0n) is 10.6. The molecule has 1 rings (SSSR count). The van der Waals surface area contributed by atoms with Crippen LogP contribution in [-0.4, -0.2) is 41.7 Å². The normalized spacial score (nSPS) is 11.8. The molecule has 0 aliphatic rings. The first-order valence-electron chi connectivity index (χ1n) is 5.44. The van der Waals surface area contributed by atoms with Gasteiger partial charge >= 0.3 is 5.97 Å². The number of aliphatic hydroxyl groups excluding tert-OH is 1. The van der Waals surface area contributed by atoms with Gasteiger partial charge in [0.2, 0.25) is 0 Å². The summed E-state index contributed by atoms with van der Waals surface area (Å²) in [4.78, 5) is 26.9. The highest BCUT2D eigenvalue weighted by atomic mass is 16.5. The first-order chi connectivity index (χ1) is 8.45. The third kappa shape index (κ3) is 3.53. The van der Waals surface area contributed by atoms with Crippen LogP contribution >= 0.6 is 0 Å². The Bertz CT molecular complexity index is 459. The lowest BCUT2D eigenvalue weighted by molar-refractivity contribution is -0.149. The number of esters is 1. The van der Waals surface area contributed by atoms with Crippen molar-refractivity contribution in [2.75, 3.05) is 13.7 Å². The number of carbonyl (C=O) groups is 2. The van der Waals surface area contributed by atoms with Gasteiger partial charge in [0, 0.05) is 5.69 Å². The summed E-state index contributed by atoms with van der Waals surface area (Å²) >= 11 is 0. The van der Waals surface area contributed by atoms with Crippen molar-refractivity contribution in [1.82, 2.24) is 10.3 Å². The molecule has 0 aliphatic carbocycles. The predicted octanol–water partition coefficient (Wildman–Crippen LogP) is -0.0379. The first-order valence-corrected chi connectivity index (χ1v) is 5.44. The molecule has 0 spiro atoms. The second kappa shape index (κ2) is 6.11. The highest BCUT2D eigenvalue weighted by Crippen LogP contribution is 2.06. The SMILES string of the molecule is COC(=O)C(O)CNC(=O)c1ccc(C)nc1C. The van der Waals surface area contributed by atoms with Crippen molar-refractivity contribution in [1.29, 1.82) is 0 Å². The summed E-state index contributed by atoms with van der Waals surface area (Å²) < 4.78 is 4.34.